The second-order valence-corrected chi connectivity index (χ2v) is 5.40. The molecule has 2 rings (SSSR count). The van der Waals surface area contributed by atoms with E-state index in [1.165, 1.54) is 0 Å². The average molecular weight is 278 g/mol. The Balaban J connectivity index is 2.26. The number of amides is 1. The first-order valence-corrected chi connectivity index (χ1v) is 6.86. The predicted octanol–water partition coefficient (Wildman–Crippen LogP) is 1.35. The number of hydrogen-bond donors (Lipinski definition) is 2. The maximum Gasteiger partial charge on any atom is 0.254 e. The van der Waals surface area contributed by atoms with Gasteiger partial charge in [0, 0.05) is 24.9 Å². The summed E-state index contributed by atoms with van der Waals surface area (Å²) in [5.41, 5.74) is 3.97. The van der Waals surface area contributed by atoms with Gasteiger partial charge < -0.3 is 15.1 Å². The molecule has 1 aromatic heterocycles. The first-order chi connectivity index (χ1) is 9.52. The number of nitrogens with zero attached hydrogens (tertiary/aromatic N) is 2. The largest absolute Gasteiger partial charge is 0.379 e. The van der Waals surface area contributed by atoms with Crippen LogP contribution in [-0.2, 0) is 4.74 Å². The highest BCUT2D eigenvalue weighted by Gasteiger charge is 2.25. The van der Waals surface area contributed by atoms with Gasteiger partial charge in [-0.15, -0.1) is 0 Å². The fourth-order valence-corrected chi connectivity index (χ4v) is 2.24. The van der Waals surface area contributed by atoms with Crippen molar-refractivity contribution < 1.29 is 9.53 Å². The minimum absolute atomic E-state index is 0.0266. The van der Waals surface area contributed by atoms with Gasteiger partial charge >= 0.3 is 0 Å². The summed E-state index contributed by atoms with van der Waals surface area (Å²) in [6.07, 6.45) is 0.881. The maximum absolute atomic E-state index is 12.5. The van der Waals surface area contributed by atoms with Crippen molar-refractivity contribution in [3.63, 3.8) is 0 Å². The zero-order valence-corrected chi connectivity index (χ0v) is 12.2. The summed E-state index contributed by atoms with van der Waals surface area (Å²) in [4.78, 5) is 18.7. The van der Waals surface area contributed by atoms with Crippen LogP contribution in [0.25, 0.3) is 0 Å². The molecule has 1 fully saturated rings. The second-order valence-electron chi connectivity index (χ2n) is 5.40. The van der Waals surface area contributed by atoms with Crippen LogP contribution in [0.3, 0.4) is 0 Å². The molecule has 1 amide bonds. The summed E-state index contributed by atoms with van der Waals surface area (Å²) in [7, 11) is 1.81. The SMILES string of the molecule is CC(C)c1cc(C(=O)N(C)C2CCOC2)cc(NN)n1. The Bertz CT molecular complexity index is 484. The summed E-state index contributed by atoms with van der Waals surface area (Å²) in [5, 5.41) is 0. The van der Waals surface area contributed by atoms with E-state index >= 15 is 0 Å². The third-order valence-corrected chi connectivity index (χ3v) is 3.61. The van der Waals surface area contributed by atoms with Crippen molar-refractivity contribution in [3.8, 4) is 0 Å². The highest BCUT2D eigenvalue weighted by molar-refractivity contribution is 5.95. The van der Waals surface area contributed by atoms with Gasteiger partial charge in [0.15, 0.2) is 0 Å². The number of carbonyl (C=O) groups excluding carboxylic acids is 1. The van der Waals surface area contributed by atoms with Gasteiger partial charge in [-0.1, -0.05) is 13.8 Å². The minimum atomic E-state index is -0.0266. The van der Waals surface area contributed by atoms with E-state index in [-0.39, 0.29) is 17.9 Å². The van der Waals surface area contributed by atoms with Crippen molar-refractivity contribution in [3.05, 3.63) is 23.4 Å². The molecule has 0 spiro atoms. The molecule has 6 heteroatoms. The summed E-state index contributed by atoms with van der Waals surface area (Å²) >= 11 is 0. The first-order valence-electron chi connectivity index (χ1n) is 6.86. The molecule has 6 nitrogen and oxygen atoms in total. The molecule has 0 radical (unpaired) electrons. The Labute approximate surface area is 119 Å². The van der Waals surface area contributed by atoms with Crippen LogP contribution >= 0.6 is 0 Å². The van der Waals surface area contributed by atoms with Crippen LogP contribution in [0.15, 0.2) is 12.1 Å². The molecule has 1 atom stereocenters. The molecule has 1 aromatic rings. The maximum atomic E-state index is 12.5. The molecule has 0 aromatic carbocycles. The molecular formula is C14H22N4O2. The molecule has 2 heterocycles. The van der Waals surface area contributed by atoms with Gasteiger partial charge in [-0.05, 0) is 24.5 Å². The molecule has 1 aliphatic rings. The van der Waals surface area contributed by atoms with Gasteiger partial charge in [0.05, 0.1) is 12.6 Å². The third-order valence-electron chi connectivity index (χ3n) is 3.61. The average Bonchev–Trinajstić information content (AvgIpc) is 2.99. The molecule has 0 saturated carbocycles. The van der Waals surface area contributed by atoms with Gasteiger partial charge in [-0.2, -0.15) is 0 Å². The van der Waals surface area contributed by atoms with Crippen LogP contribution in [-0.4, -0.2) is 42.1 Å². The van der Waals surface area contributed by atoms with Gasteiger partial charge in [0.2, 0.25) is 0 Å². The Hall–Kier alpha value is -1.66. The molecule has 1 saturated heterocycles. The van der Waals surface area contributed by atoms with E-state index in [0.717, 1.165) is 12.1 Å². The zero-order chi connectivity index (χ0) is 14.7. The molecule has 20 heavy (non-hydrogen) atoms. The van der Waals surface area contributed by atoms with Gasteiger partial charge in [-0.25, -0.2) is 10.8 Å². The van der Waals surface area contributed by atoms with Crippen molar-refractivity contribution in [1.29, 1.82) is 0 Å². The lowest BCUT2D eigenvalue weighted by Crippen LogP contribution is -2.37. The minimum Gasteiger partial charge on any atom is -0.379 e. The predicted molar refractivity (Wildman–Crippen MR) is 77.5 cm³/mol. The molecule has 110 valence electrons. The van der Waals surface area contributed by atoms with Crippen molar-refractivity contribution in [2.45, 2.75) is 32.2 Å². The standard InChI is InChI=1S/C14H22N4O2/c1-9(2)12-6-10(7-13(16-12)17-15)14(19)18(3)11-4-5-20-8-11/h6-7,9,11H,4-5,8,15H2,1-3H3,(H,16,17). The molecule has 0 bridgehead atoms. The number of pyridine rings is 1. The Morgan fingerprint density at radius 3 is 2.85 bits per heavy atom. The molecule has 1 unspecified atom stereocenters. The summed E-state index contributed by atoms with van der Waals surface area (Å²) in [6.45, 7) is 5.38. The van der Waals surface area contributed by atoms with Crippen LogP contribution in [0, 0.1) is 0 Å². The van der Waals surface area contributed by atoms with Gasteiger partial charge in [0.1, 0.15) is 5.82 Å². The number of rotatable bonds is 4. The van der Waals surface area contributed by atoms with Gasteiger partial charge in [0.25, 0.3) is 5.91 Å². The lowest BCUT2D eigenvalue weighted by atomic mass is 10.1. The Morgan fingerprint density at radius 1 is 1.55 bits per heavy atom. The molecule has 0 aliphatic carbocycles. The van der Waals surface area contributed by atoms with E-state index in [0.29, 0.717) is 24.6 Å². The highest BCUT2D eigenvalue weighted by Crippen LogP contribution is 2.20. The number of hydrazine groups is 1. The number of nitrogen functional groups attached to an aromatic ring is 1. The third kappa shape index (κ3) is 3.08. The lowest BCUT2D eigenvalue weighted by Gasteiger charge is -2.23. The molecular weight excluding hydrogens is 256 g/mol. The quantitative estimate of drug-likeness (QED) is 0.642. The molecule has 3 N–H and O–H groups in total. The van der Waals surface area contributed by atoms with E-state index in [1.807, 2.05) is 27.0 Å². The normalized spacial score (nSPS) is 18.4. The number of likely N-dealkylation sites (N-methyl/N-ethyl adjacent to an activating group) is 1. The van der Waals surface area contributed by atoms with E-state index in [1.54, 1.807) is 11.0 Å². The van der Waals surface area contributed by atoms with Crippen LogP contribution in [0.5, 0.6) is 0 Å². The van der Waals surface area contributed by atoms with Crippen LogP contribution in [0.1, 0.15) is 42.2 Å². The fraction of sp³-hybridized carbons (Fsp3) is 0.571. The molecule has 1 aliphatic heterocycles. The Kier molecular flexibility index (Phi) is 4.57. The van der Waals surface area contributed by atoms with Crippen molar-refractivity contribution in [2.24, 2.45) is 5.84 Å². The topological polar surface area (TPSA) is 80.5 Å². The van der Waals surface area contributed by atoms with E-state index < -0.39 is 0 Å². The van der Waals surface area contributed by atoms with Crippen LogP contribution in [0.2, 0.25) is 0 Å². The van der Waals surface area contributed by atoms with Crippen molar-refractivity contribution >= 4 is 11.7 Å². The van der Waals surface area contributed by atoms with E-state index in [2.05, 4.69) is 10.4 Å². The zero-order valence-electron chi connectivity index (χ0n) is 12.2. The van der Waals surface area contributed by atoms with Crippen molar-refractivity contribution in [2.75, 3.05) is 25.7 Å². The van der Waals surface area contributed by atoms with E-state index in [4.69, 9.17) is 10.6 Å². The number of ether oxygens (including phenoxy) is 1. The second kappa shape index (κ2) is 6.19. The summed E-state index contributed by atoms with van der Waals surface area (Å²) < 4.78 is 5.33. The summed E-state index contributed by atoms with van der Waals surface area (Å²) in [6, 6.07) is 3.66. The summed E-state index contributed by atoms with van der Waals surface area (Å²) in [5.74, 6) is 6.14. The van der Waals surface area contributed by atoms with E-state index in [9.17, 15) is 4.79 Å². The number of aromatic nitrogens is 1. The van der Waals surface area contributed by atoms with Crippen LogP contribution in [0.4, 0.5) is 5.82 Å². The number of carbonyl (C=O) groups is 1. The number of hydrogen-bond acceptors (Lipinski definition) is 5. The number of nitrogens with two attached hydrogens (primary N) is 1. The van der Waals surface area contributed by atoms with Gasteiger partial charge in [-0.3, -0.25) is 4.79 Å². The van der Waals surface area contributed by atoms with Crippen LogP contribution < -0.4 is 11.3 Å². The number of anilines is 1. The lowest BCUT2D eigenvalue weighted by molar-refractivity contribution is 0.0711. The first kappa shape index (κ1) is 14.7. The smallest absolute Gasteiger partial charge is 0.254 e. The number of nitrogens with one attached hydrogen (secondary N) is 1. The fourth-order valence-electron chi connectivity index (χ4n) is 2.24. The van der Waals surface area contributed by atoms with Crippen molar-refractivity contribution in [1.82, 2.24) is 9.88 Å². The highest BCUT2D eigenvalue weighted by atomic mass is 16.5. The Morgan fingerprint density at radius 2 is 2.30 bits per heavy atom. The monoisotopic (exact) mass is 278 g/mol.